The van der Waals surface area contributed by atoms with Gasteiger partial charge in [-0.05, 0) is 30.7 Å². The van der Waals surface area contributed by atoms with E-state index in [4.69, 9.17) is 5.73 Å². The van der Waals surface area contributed by atoms with E-state index in [1.165, 1.54) is 12.1 Å². The standard InChI is InChI=1S/C16H17FN2O2/c1-16(10-20,12-5-3-2-4-6-12)19-15(21)11-7-8-13(17)14(18)9-11/h2-9,20H,10,18H2,1H3,(H,19,21). The van der Waals surface area contributed by atoms with Crippen molar-refractivity contribution in [3.05, 3.63) is 65.5 Å². The zero-order chi connectivity index (χ0) is 15.5. The molecule has 0 aliphatic heterocycles. The van der Waals surface area contributed by atoms with Crippen molar-refractivity contribution in [2.24, 2.45) is 0 Å². The molecule has 2 aromatic carbocycles. The van der Waals surface area contributed by atoms with Crippen molar-refractivity contribution in [1.29, 1.82) is 0 Å². The molecule has 0 aliphatic carbocycles. The van der Waals surface area contributed by atoms with Crippen LogP contribution in [0.15, 0.2) is 48.5 Å². The SMILES string of the molecule is CC(CO)(NC(=O)c1ccc(F)c(N)c1)c1ccccc1. The predicted octanol–water partition coefficient (Wildman–Crippen LogP) is 2.05. The molecule has 0 aromatic heterocycles. The van der Waals surface area contributed by atoms with Crippen LogP contribution < -0.4 is 11.1 Å². The summed E-state index contributed by atoms with van der Waals surface area (Å²) in [7, 11) is 0. The molecule has 4 N–H and O–H groups in total. The first-order chi connectivity index (χ1) is 9.96. The van der Waals surface area contributed by atoms with Gasteiger partial charge in [-0.15, -0.1) is 0 Å². The normalized spacial score (nSPS) is 13.5. The maximum atomic E-state index is 13.1. The highest BCUT2D eigenvalue weighted by molar-refractivity contribution is 5.95. The summed E-state index contributed by atoms with van der Waals surface area (Å²) in [5, 5.41) is 12.4. The molecule has 0 saturated heterocycles. The monoisotopic (exact) mass is 288 g/mol. The summed E-state index contributed by atoms with van der Waals surface area (Å²) < 4.78 is 13.1. The van der Waals surface area contributed by atoms with Crippen molar-refractivity contribution in [2.45, 2.75) is 12.5 Å². The molecule has 1 unspecified atom stereocenters. The third-order valence-corrected chi connectivity index (χ3v) is 3.37. The summed E-state index contributed by atoms with van der Waals surface area (Å²) in [6, 6.07) is 12.9. The number of carbonyl (C=O) groups excluding carboxylic acids is 1. The molecular weight excluding hydrogens is 271 g/mol. The van der Waals surface area contributed by atoms with Crippen LogP contribution in [0.3, 0.4) is 0 Å². The number of anilines is 1. The third kappa shape index (κ3) is 3.20. The van der Waals surface area contributed by atoms with E-state index in [2.05, 4.69) is 5.32 Å². The Bertz CT molecular complexity index is 646. The number of aliphatic hydroxyl groups is 1. The average Bonchev–Trinajstić information content (AvgIpc) is 2.50. The number of halogens is 1. The summed E-state index contributed by atoms with van der Waals surface area (Å²) in [5.41, 5.74) is 5.46. The van der Waals surface area contributed by atoms with Crippen LogP contribution in [0.2, 0.25) is 0 Å². The zero-order valence-corrected chi connectivity index (χ0v) is 11.6. The molecule has 2 aromatic rings. The first-order valence-electron chi connectivity index (χ1n) is 6.50. The van der Waals surface area contributed by atoms with Gasteiger partial charge in [-0.2, -0.15) is 0 Å². The molecule has 21 heavy (non-hydrogen) atoms. The smallest absolute Gasteiger partial charge is 0.252 e. The average molecular weight is 288 g/mol. The van der Waals surface area contributed by atoms with Gasteiger partial charge in [-0.25, -0.2) is 4.39 Å². The van der Waals surface area contributed by atoms with Crippen LogP contribution in [0.5, 0.6) is 0 Å². The number of benzene rings is 2. The van der Waals surface area contributed by atoms with Crippen molar-refractivity contribution in [1.82, 2.24) is 5.32 Å². The summed E-state index contributed by atoms with van der Waals surface area (Å²) in [6.07, 6.45) is 0. The van der Waals surface area contributed by atoms with Gasteiger partial charge in [0, 0.05) is 5.56 Å². The molecule has 0 bridgehead atoms. The van der Waals surface area contributed by atoms with Crippen molar-refractivity contribution in [2.75, 3.05) is 12.3 Å². The fourth-order valence-corrected chi connectivity index (χ4v) is 2.02. The number of aliphatic hydroxyl groups excluding tert-OH is 1. The molecule has 0 spiro atoms. The Kier molecular flexibility index (Phi) is 4.23. The Morgan fingerprint density at radius 3 is 2.52 bits per heavy atom. The van der Waals surface area contributed by atoms with E-state index in [1.807, 2.05) is 30.3 Å². The Hall–Kier alpha value is -2.40. The minimum atomic E-state index is -0.929. The number of amides is 1. The fraction of sp³-hybridized carbons (Fsp3) is 0.188. The molecule has 0 heterocycles. The molecule has 0 radical (unpaired) electrons. The Labute approximate surface area is 122 Å². The highest BCUT2D eigenvalue weighted by Crippen LogP contribution is 2.21. The molecule has 5 heteroatoms. The molecule has 0 saturated carbocycles. The molecular formula is C16H17FN2O2. The number of nitrogen functional groups attached to an aromatic ring is 1. The van der Waals surface area contributed by atoms with E-state index in [-0.39, 0.29) is 17.9 Å². The van der Waals surface area contributed by atoms with Gasteiger partial charge in [0.2, 0.25) is 0 Å². The topological polar surface area (TPSA) is 75.3 Å². The lowest BCUT2D eigenvalue weighted by molar-refractivity contribution is 0.0849. The second kappa shape index (κ2) is 5.93. The number of carbonyl (C=O) groups is 1. The minimum absolute atomic E-state index is 0.0898. The van der Waals surface area contributed by atoms with E-state index in [9.17, 15) is 14.3 Å². The van der Waals surface area contributed by atoms with Crippen molar-refractivity contribution in [3.8, 4) is 0 Å². The molecule has 2 rings (SSSR count). The van der Waals surface area contributed by atoms with Gasteiger partial charge in [0.1, 0.15) is 5.82 Å². The number of nitrogens with one attached hydrogen (secondary N) is 1. The molecule has 1 amide bonds. The first kappa shape index (κ1) is 15.0. The maximum absolute atomic E-state index is 13.1. The van der Waals surface area contributed by atoms with E-state index < -0.39 is 17.3 Å². The van der Waals surface area contributed by atoms with Crippen molar-refractivity contribution >= 4 is 11.6 Å². The lowest BCUT2D eigenvalue weighted by Crippen LogP contribution is -2.46. The van der Waals surface area contributed by atoms with E-state index in [1.54, 1.807) is 6.92 Å². The van der Waals surface area contributed by atoms with Gasteiger partial charge in [0.15, 0.2) is 0 Å². The third-order valence-electron chi connectivity index (χ3n) is 3.37. The van der Waals surface area contributed by atoms with Crippen LogP contribution in [0.1, 0.15) is 22.8 Å². The Balaban J connectivity index is 2.26. The van der Waals surface area contributed by atoms with Crippen LogP contribution in [0.25, 0.3) is 0 Å². The van der Waals surface area contributed by atoms with Gasteiger partial charge < -0.3 is 16.2 Å². The minimum Gasteiger partial charge on any atom is -0.396 e. The van der Waals surface area contributed by atoms with E-state index in [0.717, 1.165) is 11.6 Å². The first-order valence-corrected chi connectivity index (χ1v) is 6.50. The Morgan fingerprint density at radius 2 is 1.95 bits per heavy atom. The van der Waals surface area contributed by atoms with Crippen LogP contribution in [-0.4, -0.2) is 17.6 Å². The van der Waals surface area contributed by atoms with Gasteiger partial charge in [-0.3, -0.25) is 4.79 Å². The largest absolute Gasteiger partial charge is 0.396 e. The Morgan fingerprint density at radius 1 is 1.29 bits per heavy atom. The van der Waals surface area contributed by atoms with E-state index in [0.29, 0.717) is 0 Å². The summed E-state index contributed by atoms with van der Waals surface area (Å²) in [6.45, 7) is 1.45. The summed E-state index contributed by atoms with van der Waals surface area (Å²) in [5.74, 6) is -0.998. The lowest BCUT2D eigenvalue weighted by atomic mass is 9.92. The lowest BCUT2D eigenvalue weighted by Gasteiger charge is -2.29. The van der Waals surface area contributed by atoms with Crippen LogP contribution in [0.4, 0.5) is 10.1 Å². The van der Waals surface area contributed by atoms with Gasteiger partial charge in [0.05, 0.1) is 17.8 Å². The second-order valence-electron chi connectivity index (χ2n) is 5.05. The van der Waals surface area contributed by atoms with Crippen LogP contribution in [0, 0.1) is 5.82 Å². The van der Waals surface area contributed by atoms with Crippen molar-refractivity contribution < 1.29 is 14.3 Å². The van der Waals surface area contributed by atoms with Crippen LogP contribution >= 0.6 is 0 Å². The molecule has 110 valence electrons. The van der Waals surface area contributed by atoms with E-state index >= 15 is 0 Å². The highest BCUT2D eigenvalue weighted by atomic mass is 19.1. The van der Waals surface area contributed by atoms with Crippen LogP contribution in [-0.2, 0) is 5.54 Å². The zero-order valence-electron chi connectivity index (χ0n) is 11.6. The molecule has 1 atom stereocenters. The second-order valence-corrected chi connectivity index (χ2v) is 5.05. The molecule has 4 nitrogen and oxygen atoms in total. The summed E-state index contributed by atoms with van der Waals surface area (Å²) >= 11 is 0. The van der Waals surface area contributed by atoms with Gasteiger partial charge in [0.25, 0.3) is 5.91 Å². The highest BCUT2D eigenvalue weighted by Gasteiger charge is 2.28. The molecule has 0 fully saturated rings. The number of hydrogen-bond acceptors (Lipinski definition) is 3. The number of nitrogens with two attached hydrogens (primary N) is 1. The quantitative estimate of drug-likeness (QED) is 0.754. The number of rotatable bonds is 4. The predicted molar refractivity (Wildman–Crippen MR) is 79.2 cm³/mol. The van der Waals surface area contributed by atoms with Gasteiger partial charge in [-0.1, -0.05) is 30.3 Å². The van der Waals surface area contributed by atoms with Crippen molar-refractivity contribution in [3.63, 3.8) is 0 Å². The fourth-order valence-electron chi connectivity index (χ4n) is 2.02. The molecule has 0 aliphatic rings. The van der Waals surface area contributed by atoms with Gasteiger partial charge >= 0.3 is 0 Å². The summed E-state index contributed by atoms with van der Waals surface area (Å²) in [4.78, 5) is 12.3. The number of hydrogen-bond donors (Lipinski definition) is 3. The maximum Gasteiger partial charge on any atom is 0.252 e.